The smallest absolute Gasteiger partial charge is 0.264 e. The van der Waals surface area contributed by atoms with Gasteiger partial charge in [0.15, 0.2) is 0 Å². The summed E-state index contributed by atoms with van der Waals surface area (Å²) in [5.41, 5.74) is 6.08. The molecular weight excluding hydrogens is 552 g/mol. The average Bonchev–Trinajstić information content (AvgIpc) is 2.79. The minimum atomic E-state index is -4.05. The summed E-state index contributed by atoms with van der Waals surface area (Å²) >= 11 is 9.67. The SMILES string of the molecule is Cc1ccc(S(=O)(=O)N(CC(=O)N/N=C\c2ccc(N(C)C)c(Br)c2)c2cc(Cl)ccc2C)cc1. The molecular formula is C25H26BrClN4O3S. The van der Waals surface area contributed by atoms with E-state index in [1.807, 2.05) is 44.1 Å². The topological polar surface area (TPSA) is 82.1 Å². The molecule has 0 aromatic heterocycles. The van der Waals surface area contributed by atoms with Crippen LogP contribution in [0.25, 0.3) is 0 Å². The Bertz CT molecular complexity index is 1360. The van der Waals surface area contributed by atoms with Gasteiger partial charge in [0, 0.05) is 23.6 Å². The van der Waals surface area contributed by atoms with E-state index < -0.39 is 22.5 Å². The number of benzene rings is 3. The highest BCUT2D eigenvalue weighted by Gasteiger charge is 2.28. The van der Waals surface area contributed by atoms with E-state index >= 15 is 0 Å². The van der Waals surface area contributed by atoms with Crippen molar-refractivity contribution in [3.63, 3.8) is 0 Å². The van der Waals surface area contributed by atoms with Crippen LogP contribution in [0.15, 0.2) is 75.1 Å². The van der Waals surface area contributed by atoms with Gasteiger partial charge in [0.2, 0.25) is 0 Å². The second kappa shape index (κ2) is 11.2. The lowest BCUT2D eigenvalue weighted by Gasteiger charge is -2.25. The molecule has 0 saturated carbocycles. The maximum atomic E-state index is 13.5. The number of nitrogens with zero attached hydrogens (tertiary/aromatic N) is 3. The third-order valence-electron chi connectivity index (χ3n) is 5.19. The fourth-order valence-electron chi connectivity index (χ4n) is 3.30. The maximum Gasteiger partial charge on any atom is 0.264 e. The quantitative estimate of drug-likeness (QED) is 0.297. The number of nitrogens with one attached hydrogen (secondary N) is 1. The van der Waals surface area contributed by atoms with Crippen LogP contribution in [0, 0.1) is 13.8 Å². The highest BCUT2D eigenvalue weighted by Crippen LogP contribution is 2.29. The number of hydrogen-bond donors (Lipinski definition) is 1. The molecule has 7 nitrogen and oxygen atoms in total. The number of carbonyl (C=O) groups excluding carboxylic acids is 1. The average molecular weight is 578 g/mol. The molecule has 184 valence electrons. The van der Waals surface area contributed by atoms with Crippen LogP contribution in [0.4, 0.5) is 11.4 Å². The molecule has 0 bridgehead atoms. The molecule has 0 aliphatic rings. The summed E-state index contributed by atoms with van der Waals surface area (Å²) in [5.74, 6) is -0.597. The van der Waals surface area contributed by atoms with Crippen LogP contribution in [-0.4, -0.2) is 41.2 Å². The third kappa shape index (κ3) is 6.62. The van der Waals surface area contributed by atoms with Gasteiger partial charge < -0.3 is 4.90 Å². The van der Waals surface area contributed by atoms with Crippen molar-refractivity contribution in [2.45, 2.75) is 18.7 Å². The van der Waals surface area contributed by atoms with Crippen LogP contribution in [0.2, 0.25) is 5.02 Å². The molecule has 1 amide bonds. The first-order valence-corrected chi connectivity index (χ1v) is 13.2. The fourth-order valence-corrected chi connectivity index (χ4v) is 5.69. The number of hydrogen-bond acceptors (Lipinski definition) is 5. The van der Waals surface area contributed by atoms with Gasteiger partial charge in [-0.15, -0.1) is 0 Å². The van der Waals surface area contributed by atoms with Crippen LogP contribution in [0.3, 0.4) is 0 Å². The van der Waals surface area contributed by atoms with Gasteiger partial charge in [-0.05, 0) is 77.3 Å². The second-order valence-corrected chi connectivity index (χ2v) is 11.3. The van der Waals surface area contributed by atoms with Crippen molar-refractivity contribution >= 4 is 61.1 Å². The van der Waals surface area contributed by atoms with Crippen LogP contribution in [0.5, 0.6) is 0 Å². The van der Waals surface area contributed by atoms with Gasteiger partial charge in [-0.3, -0.25) is 9.10 Å². The minimum absolute atomic E-state index is 0.0737. The third-order valence-corrected chi connectivity index (χ3v) is 7.84. The van der Waals surface area contributed by atoms with Crippen molar-refractivity contribution in [1.82, 2.24) is 5.43 Å². The summed E-state index contributed by atoms with van der Waals surface area (Å²) in [4.78, 5) is 14.8. The Labute approximate surface area is 219 Å². The molecule has 35 heavy (non-hydrogen) atoms. The summed E-state index contributed by atoms with van der Waals surface area (Å²) in [6, 6.07) is 17.0. The highest BCUT2D eigenvalue weighted by atomic mass is 79.9. The van der Waals surface area contributed by atoms with E-state index in [9.17, 15) is 13.2 Å². The van der Waals surface area contributed by atoms with Crippen molar-refractivity contribution in [1.29, 1.82) is 0 Å². The van der Waals surface area contributed by atoms with Gasteiger partial charge in [0.05, 0.1) is 22.5 Å². The van der Waals surface area contributed by atoms with Crippen molar-refractivity contribution in [2.75, 3.05) is 29.8 Å². The highest BCUT2D eigenvalue weighted by molar-refractivity contribution is 9.10. The Hall–Kier alpha value is -2.88. The normalized spacial score (nSPS) is 11.5. The van der Waals surface area contributed by atoms with Gasteiger partial charge in [0.25, 0.3) is 15.9 Å². The Morgan fingerprint density at radius 3 is 2.34 bits per heavy atom. The first-order chi connectivity index (χ1) is 16.5. The molecule has 0 heterocycles. The van der Waals surface area contributed by atoms with E-state index in [-0.39, 0.29) is 4.90 Å². The van der Waals surface area contributed by atoms with Crippen LogP contribution >= 0.6 is 27.5 Å². The van der Waals surface area contributed by atoms with Gasteiger partial charge in [-0.1, -0.05) is 41.4 Å². The predicted octanol–water partition coefficient (Wildman–Crippen LogP) is 5.13. The van der Waals surface area contributed by atoms with Crippen LogP contribution in [0.1, 0.15) is 16.7 Å². The molecule has 0 spiro atoms. The van der Waals surface area contributed by atoms with E-state index in [0.717, 1.165) is 25.6 Å². The zero-order chi connectivity index (χ0) is 25.8. The molecule has 0 saturated heterocycles. The zero-order valence-electron chi connectivity index (χ0n) is 19.8. The zero-order valence-corrected chi connectivity index (χ0v) is 22.9. The van der Waals surface area contributed by atoms with Crippen molar-refractivity contribution in [3.05, 3.63) is 86.8 Å². The lowest BCUT2D eigenvalue weighted by Crippen LogP contribution is -2.40. The monoisotopic (exact) mass is 576 g/mol. The number of rotatable bonds is 8. The Kier molecular flexibility index (Phi) is 8.58. The van der Waals surface area contributed by atoms with Gasteiger partial charge in [0.1, 0.15) is 6.54 Å². The molecule has 0 aliphatic heterocycles. The molecule has 3 aromatic carbocycles. The fraction of sp³-hybridized carbons (Fsp3) is 0.200. The molecule has 3 aromatic rings. The van der Waals surface area contributed by atoms with E-state index in [4.69, 9.17) is 11.6 Å². The van der Waals surface area contributed by atoms with E-state index in [2.05, 4.69) is 26.5 Å². The van der Waals surface area contributed by atoms with Crippen LogP contribution in [-0.2, 0) is 14.8 Å². The lowest BCUT2D eigenvalue weighted by molar-refractivity contribution is -0.119. The number of aryl methyl sites for hydroxylation is 2. The minimum Gasteiger partial charge on any atom is -0.377 e. The molecule has 0 atom stereocenters. The molecule has 0 unspecified atom stereocenters. The van der Waals surface area contributed by atoms with Gasteiger partial charge in [-0.25, -0.2) is 13.8 Å². The summed E-state index contributed by atoms with van der Waals surface area (Å²) < 4.78 is 29.0. The van der Waals surface area contributed by atoms with Crippen molar-refractivity contribution in [3.8, 4) is 0 Å². The molecule has 3 rings (SSSR count). The number of hydrazone groups is 1. The Balaban J connectivity index is 1.85. The first kappa shape index (κ1) is 26.7. The van der Waals surface area contributed by atoms with E-state index in [0.29, 0.717) is 16.3 Å². The summed E-state index contributed by atoms with van der Waals surface area (Å²) in [6.07, 6.45) is 1.49. The first-order valence-electron chi connectivity index (χ1n) is 10.6. The number of amides is 1. The van der Waals surface area contributed by atoms with Crippen molar-refractivity contribution < 1.29 is 13.2 Å². The predicted molar refractivity (Wildman–Crippen MR) is 146 cm³/mol. The van der Waals surface area contributed by atoms with E-state index in [1.165, 1.54) is 24.4 Å². The Morgan fingerprint density at radius 1 is 1.03 bits per heavy atom. The number of anilines is 2. The number of carbonyl (C=O) groups is 1. The molecule has 10 heteroatoms. The molecule has 0 fully saturated rings. The van der Waals surface area contributed by atoms with Crippen LogP contribution < -0.4 is 14.6 Å². The van der Waals surface area contributed by atoms with E-state index in [1.54, 1.807) is 31.2 Å². The van der Waals surface area contributed by atoms with Gasteiger partial charge in [-0.2, -0.15) is 5.10 Å². The molecule has 1 N–H and O–H groups in total. The second-order valence-electron chi connectivity index (χ2n) is 8.15. The summed E-state index contributed by atoms with van der Waals surface area (Å²) in [5, 5.41) is 4.36. The lowest BCUT2D eigenvalue weighted by atomic mass is 10.2. The number of sulfonamides is 1. The molecule has 0 aliphatic carbocycles. The van der Waals surface area contributed by atoms with Gasteiger partial charge >= 0.3 is 0 Å². The standard InChI is InChI=1S/C25H26BrClN4O3S/c1-17-5-10-21(11-6-17)35(33,34)31(24-14-20(27)9-7-18(24)2)16-25(32)29-28-15-19-8-12-23(30(3)4)22(26)13-19/h5-15H,16H2,1-4H3,(H,29,32)/b28-15-. The summed E-state index contributed by atoms with van der Waals surface area (Å²) in [6.45, 7) is 3.15. The Morgan fingerprint density at radius 2 is 1.71 bits per heavy atom. The maximum absolute atomic E-state index is 13.5. The number of halogens is 2. The summed E-state index contributed by atoms with van der Waals surface area (Å²) in [7, 11) is -0.177. The largest absolute Gasteiger partial charge is 0.377 e. The van der Waals surface area contributed by atoms with Crippen molar-refractivity contribution in [2.24, 2.45) is 5.10 Å². The molecule has 0 radical (unpaired) electrons.